The zero-order valence-electron chi connectivity index (χ0n) is 12.3. The van der Waals surface area contributed by atoms with Crippen molar-refractivity contribution in [2.45, 2.75) is 40.2 Å². The fourth-order valence-corrected chi connectivity index (χ4v) is 1.67. The van der Waals surface area contributed by atoms with Crippen molar-refractivity contribution in [1.82, 2.24) is 5.32 Å². The third kappa shape index (κ3) is 4.53. The van der Waals surface area contributed by atoms with Gasteiger partial charge in [-0.15, -0.1) is 0 Å². The van der Waals surface area contributed by atoms with Gasteiger partial charge in [-0.2, -0.15) is 0 Å². The molecule has 1 aromatic rings. The van der Waals surface area contributed by atoms with Gasteiger partial charge < -0.3 is 10.6 Å². The number of carbonyl (C=O) groups excluding carboxylic acids is 2. The molecule has 110 valence electrons. The molecule has 0 aliphatic rings. The molecule has 4 nitrogen and oxygen atoms in total. The minimum Gasteiger partial charge on any atom is -0.350 e. The molecule has 0 aliphatic carbocycles. The Hall–Kier alpha value is -1.55. The molecule has 0 radical (unpaired) electrons. The van der Waals surface area contributed by atoms with Crippen LogP contribution in [0.1, 0.15) is 44.5 Å². The van der Waals surface area contributed by atoms with Gasteiger partial charge in [0.25, 0.3) is 5.91 Å². The summed E-state index contributed by atoms with van der Waals surface area (Å²) in [7, 11) is 0. The Balaban J connectivity index is 2.91. The molecule has 1 rings (SSSR count). The molecule has 1 atom stereocenters. The summed E-state index contributed by atoms with van der Waals surface area (Å²) >= 11 is 6.04. The molecule has 0 aliphatic heterocycles. The van der Waals surface area contributed by atoms with Crippen molar-refractivity contribution < 1.29 is 9.59 Å². The second kappa shape index (κ2) is 7.29. The standard InChI is InChI=1S/C15H21ClN2O2/c1-5-10(4)17-15(20)12-8-11(6-7-13(12)16)18-14(19)9(2)3/h6-10H,5H2,1-4H3,(H,17,20)(H,18,19)/t10-/m1/s1. The average Bonchev–Trinajstić information content (AvgIpc) is 2.40. The Morgan fingerprint density at radius 2 is 1.90 bits per heavy atom. The Kier molecular flexibility index (Phi) is 6.02. The van der Waals surface area contributed by atoms with Crippen LogP contribution in [0.3, 0.4) is 0 Å². The maximum atomic E-state index is 12.1. The maximum Gasteiger partial charge on any atom is 0.253 e. The van der Waals surface area contributed by atoms with Crippen molar-refractivity contribution in [3.05, 3.63) is 28.8 Å². The van der Waals surface area contributed by atoms with Crippen LogP contribution in [0.15, 0.2) is 18.2 Å². The molecule has 0 heterocycles. The van der Waals surface area contributed by atoms with Gasteiger partial charge in [0.1, 0.15) is 0 Å². The third-order valence-electron chi connectivity index (χ3n) is 2.99. The van der Waals surface area contributed by atoms with E-state index in [0.717, 1.165) is 6.42 Å². The van der Waals surface area contributed by atoms with E-state index in [0.29, 0.717) is 16.3 Å². The Labute approximate surface area is 124 Å². The van der Waals surface area contributed by atoms with Crippen LogP contribution in [0.2, 0.25) is 5.02 Å². The van der Waals surface area contributed by atoms with Gasteiger partial charge in [0, 0.05) is 17.6 Å². The molecule has 1 aromatic carbocycles. The van der Waals surface area contributed by atoms with E-state index in [2.05, 4.69) is 10.6 Å². The predicted octanol–water partition coefficient (Wildman–Crippen LogP) is 3.46. The molecular formula is C15H21ClN2O2. The fraction of sp³-hybridized carbons (Fsp3) is 0.467. The first-order valence-corrected chi connectivity index (χ1v) is 7.14. The van der Waals surface area contributed by atoms with E-state index in [1.807, 2.05) is 27.7 Å². The second-order valence-electron chi connectivity index (χ2n) is 5.12. The largest absolute Gasteiger partial charge is 0.350 e. The number of hydrogen-bond acceptors (Lipinski definition) is 2. The predicted molar refractivity (Wildman–Crippen MR) is 82.1 cm³/mol. The summed E-state index contributed by atoms with van der Waals surface area (Å²) < 4.78 is 0. The first kappa shape index (κ1) is 16.5. The summed E-state index contributed by atoms with van der Waals surface area (Å²) in [6.07, 6.45) is 0.840. The van der Waals surface area contributed by atoms with Crippen molar-refractivity contribution in [3.8, 4) is 0 Å². The van der Waals surface area contributed by atoms with Crippen LogP contribution in [-0.2, 0) is 4.79 Å². The normalized spacial score (nSPS) is 12.1. The summed E-state index contributed by atoms with van der Waals surface area (Å²) in [4.78, 5) is 23.8. The van der Waals surface area contributed by atoms with Crippen molar-refractivity contribution in [2.24, 2.45) is 5.92 Å². The van der Waals surface area contributed by atoms with Crippen LogP contribution < -0.4 is 10.6 Å². The number of amides is 2. The van der Waals surface area contributed by atoms with Crippen molar-refractivity contribution >= 4 is 29.1 Å². The number of hydrogen-bond donors (Lipinski definition) is 2. The van der Waals surface area contributed by atoms with Gasteiger partial charge in [0.15, 0.2) is 0 Å². The lowest BCUT2D eigenvalue weighted by Gasteiger charge is -2.14. The van der Waals surface area contributed by atoms with Crippen LogP contribution in [-0.4, -0.2) is 17.9 Å². The monoisotopic (exact) mass is 296 g/mol. The van der Waals surface area contributed by atoms with E-state index < -0.39 is 0 Å². The molecule has 2 N–H and O–H groups in total. The summed E-state index contributed by atoms with van der Waals surface area (Å²) in [5.74, 6) is -0.450. The molecule has 5 heteroatoms. The Bertz CT molecular complexity index is 501. The number of carbonyl (C=O) groups is 2. The quantitative estimate of drug-likeness (QED) is 0.874. The smallest absolute Gasteiger partial charge is 0.253 e. The highest BCUT2D eigenvalue weighted by Crippen LogP contribution is 2.21. The van der Waals surface area contributed by atoms with Gasteiger partial charge in [0.05, 0.1) is 10.6 Å². The topological polar surface area (TPSA) is 58.2 Å². The summed E-state index contributed by atoms with van der Waals surface area (Å²) in [6, 6.07) is 4.97. The van der Waals surface area contributed by atoms with E-state index in [1.165, 1.54) is 0 Å². The molecule has 0 unspecified atom stereocenters. The second-order valence-corrected chi connectivity index (χ2v) is 5.53. The molecule has 20 heavy (non-hydrogen) atoms. The van der Waals surface area contributed by atoms with E-state index in [1.54, 1.807) is 18.2 Å². The average molecular weight is 297 g/mol. The van der Waals surface area contributed by atoms with Crippen LogP contribution in [0, 0.1) is 5.92 Å². The van der Waals surface area contributed by atoms with Gasteiger partial charge >= 0.3 is 0 Å². The maximum absolute atomic E-state index is 12.1. The Morgan fingerprint density at radius 1 is 1.25 bits per heavy atom. The fourth-order valence-electron chi connectivity index (χ4n) is 1.47. The molecule has 0 spiro atoms. The Morgan fingerprint density at radius 3 is 2.45 bits per heavy atom. The molecule has 2 amide bonds. The van der Waals surface area contributed by atoms with E-state index >= 15 is 0 Å². The lowest BCUT2D eigenvalue weighted by molar-refractivity contribution is -0.118. The first-order valence-electron chi connectivity index (χ1n) is 6.76. The molecule has 0 fully saturated rings. The number of rotatable bonds is 5. The van der Waals surface area contributed by atoms with Gasteiger partial charge in [0.2, 0.25) is 5.91 Å². The molecule has 0 bridgehead atoms. The first-order chi connectivity index (χ1) is 9.35. The van der Waals surface area contributed by atoms with Crippen molar-refractivity contribution in [2.75, 3.05) is 5.32 Å². The van der Waals surface area contributed by atoms with Crippen molar-refractivity contribution in [1.29, 1.82) is 0 Å². The van der Waals surface area contributed by atoms with E-state index in [9.17, 15) is 9.59 Å². The summed E-state index contributed by atoms with van der Waals surface area (Å²) in [5, 5.41) is 5.98. The number of nitrogens with one attached hydrogen (secondary N) is 2. The number of anilines is 1. The molecule has 0 aromatic heterocycles. The molecule has 0 saturated heterocycles. The molecular weight excluding hydrogens is 276 g/mol. The van der Waals surface area contributed by atoms with Gasteiger partial charge in [-0.05, 0) is 31.5 Å². The highest BCUT2D eigenvalue weighted by Gasteiger charge is 2.14. The van der Waals surface area contributed by atoms with Crippen LogP contribution in [0.5, 0.6) is 0 Å². The highest BCUT2D eigenvalue weighted by atomic mass is 35.5. The van der Waals surface area contributed by atoms with Gasteiger partial charge in [-0.3, -0.25) is 9.59 Å². The van der Waals surface area contributed by atoms with E-state index in [-0.39, 0.29) is 23.8 Å². The zero-order chi connectivity index (χ0) is 15.3. The lowest BCUT2D eigenvalue weighted by Crippen LogP contribution is -2.32. The van der Waals surface area contributed by atoms with Crippen LogP contribution in [0.4, 0.5) is 5.69 Å². The van der Waals surface area contributed by atoms with Crippen molar-refractivity contribution in [3.63, 3.8) is 0 Å². The number of halogens is 1. The minimum atomic E-state index is -0.231. The lowest BCUT2D eigenvalue weighted by atomic mass is 10.1. The number of benzene rings is 1. The van der Waals surface area contributed by atoms with E-state index in [4.69, 9.17) is 11.6 Å². The summed E-state index contributed by atoms with van der Waals surface area (Å²) in [6.45, 7) is 7.53. The zero-order valence-corrected chi connectivity index (χ0v) is 13.0. The molecule has 0 saturated carbocycles. The van der Waals surface area contributed by atoms with Crippen LogP contribution >= 0.6 is 11.6 Å². The highest BCUT2D eigenvalue weighted by molar-refractivity contribution is 6.34. The third-order valence-corrected chi connectivity index (χ3v) is 3.32. The SMILES string of the molecule is CC[C@@H](C)NC(=O)c1cc(NC(=O)C(C)C)ccc1Cl. The van der Waals surface area contributed by atoms with Crippen LogP contribution in [0.25, 0.3) is 0 Å². The van der Waals surface area contributed by atoms with Gasteiger partial charge in [-0.1, -0.05) is 32.4 Å². The minimum absolute atomic E-state index is 0.0764. The summed E-state index contributed by atoms with van der Waals surface area (Å²) in [5.41, 5.74) is 0.941. The van der Waals surface area contributed by atoms with Gasteiger partial charge in [-0.25, -0.2) is 0 Å².